The monoisotopic (exact) mass is 404 g/mol. The molecule has 24 heavy (non-hydrogen) atoms. The van der Waals surface area contributed by atoms with E-state index in [2.05, 4.69) is 25.4 Å². The van der Waals surface area contributed by atoms with Crippen molar-refractivity contribution < 1.29 is 28.9 Å². The number of esters is 2. The van der Waals surface area contributed by atoms with E-state index in [1.165, 1.54) is 18.2 Å². The highest BCUT2D eigenvalue weighted by molar-refractivity contribution is 9.09. The van der Waals surface area contributed by atoms with E-state index >= 15 is 0 Å². The molecule has 11 heteroatoms. The van der Waals surface area contributed by atoms with Crippen molar-refractivity contribution in [3.63, 3.8) is 0 Å². The summed E-state index contributed by atoms with van der Waals surface area (Å²) in [6.45, 7) is 0. The van der Waals surface area contributed by atoms with Crippen molar-refractivity contribution in [1.29, 1.82) is 0 Å². The number of non-ortho nitro benzene ring substituents is 1. The van der Waals surface area contributed by atoms with E-state index in [0.29, 0.717) is 0 Å². The SMILES string of the molecule is COC(=O)C(C(=O)OC)C(c1cccc([N+](=O)[O-])c1)C(Br)[N+](=O)[O-]. The van der Waals surface area contributed by atoms with Crippen LogP contribution >= 0.6 is 15.9 Å². The lowest BCUT2D eigenvalue weighted by Gasteiger charge is -2.23. The van der Waals surface area contributed by atoms with Gasteiger partial charge in [0.05, 0.1) is 25.1 Å². The second-order valence-corrected chi connectivity index (χ2v) is 5.50. The fourth-order valence-electron chi connectivity index (χ4n) is 2.13. The molecule has 0 heterocycles. The summed E-state index contributed by atoms with van der Waals surface area (Å²) in [6, 6.07) is 4.88. The summed E-state index contributed by atoms with van der Waals surface area (Å²) in [5.74, 6) is -5.15. The summed E-state index contributed by atoms with van der Waals surface area (Å²) in [7, 11) is 2.02. The number of hydrogen-bond donors (Lipinski definition) is 0. The molecule has 0 fully saturated rings. The molecule has 0 spiro atoms. The number of benzene rings is 1. The molecule has 1 rings (SSSR count). The summed E-state index contributed by atoms with van der Waals surface area (Å²) >= 11 is 2.82. The van der Waals surface area contributed by atoms with E-state index in [0.717, 1.165) is 20.3 Å². The maximum absolute atomic E-state index is 12.0. The van der Waals surface area contributed by atoms with Crippen molar-refractivity contribution in [3.05, 3.63) is 50.1 Å². The van der Waals surface area contributed by atoms with Gasteiger partial charge in [0, 0.05) is 17.1 Å². The van der Waals surface area contributed by atoms with Gasteiger partial charge >= 0.3 is 11.9 Å². The van der Waals surface area contributed by atoms with Gasteiger partial charge in [-0.15, -0.1) is 0 Å². The molecule has 0 N–H and O–H groups in total. The Kier molecular flexibility index (Phi) is 6.77. The number of nitro groups is 2. The third-order valence-electron chi connectivity index (χ3n) is 3.23. The highest BCUT2D eigenvalue weighted by atomic mass is 79.9. The molecular formula is C13H13BrN2O8. The molecule has 0 aromatic heterocycles. The van der Waals surface area contributed by atoms with Crippen LogP contribution in [0, 0.1) is 26.1 Å². The number of methoxy groups -OCH3 is 2. The van der Waals surface area contributed by atoms with Gasteiger partial charge in [0.1, 0.15) is 0 Å². The summed E-state index contributed by atoms with van der Waals surface area (Å²) < 4.78 is 9.06. The highest BCUT2D eigenvalue weighted by Gasteiger charge is 2.46. The molecule has 0 radical (unpaired) electrons. The fraction of sp³-hybridized carbons (Fsp3) is 0.385. The maximum Gasteiger partial charge on any atom is 0.321 e. The van der Waals surface area contributed by atoms with Crippen LogP contribution in [0.3, 0.4) is 0 Å². The van der Waals surface area contributed by atoms with Gasteiger partial charge in [-0.1, -0.05) is 12.1 Å². The van der Waals surface area contributed by atoms with Crippen LogP contribution in [-0.4, -0.2) is 41.0 Å². The lowest BCUT2D eigenvalue weighted by atomic mass is 9.85. The maximum atomic E-state index is 12.0. The van der Waals surface area contributed by atoms with E-state index < -0.39 is 38.6 Å². The standard InChI is InChI=1S/C13H13BrN2O8/c1-23-12(17)10(13(18)24-2)9(11(14)16(21)22)7-4-3-5-8(6-7)15(19)20/h3-6,9-11H,1-2H3. The Balaban J connectivity index is 3.52. The van der Waals surface area contributed by atoms with Gasteiger partial charge in [0.15, 0.2) is 5.92 Å². The molecule has 2 unspecified atom stereocenters. The number of ether oxygens (including phenoxy) is 2. The molecule has 0 aliphatic carbocycles. The van der Waals surface area contributed by atoms with Crippen LogP contribution in [0.4, 0.5) is 5.69 Å². The molecule has 0 aliphatic rings. The molecule has 1 aromatic carbocycles. The van der Waals surface area contributed by atoms with Crippen molar-refractivity contribution in [2.45, 2.75) is 10.9 Å². The Hall–Kier alpha value is -2.56. The molecule has 0 saturated heterocycles. The highest BCUT2D eigenvalue weighted by Crippen LogP contribution is 2.36. The second-order valence-electron chi connectivity index (χ2n) is 4.56. The number of carbonyl (C=O) groups is 2. The predicted octanol–water partition coefficient (Wildman–Crippen LogP) is 1.64. The van der Waals surface area contributed by atoms with Gasteiger partial charge in [-0.25, -0.2) is 0 Å². The Bertz CT molecular complexity index is 649. The molecule has 1 aromatic rings. The summed E-state index contributed by atoms with van der Waals surface area (Å²) in [5, 5.41) is 22.1. The van der Waals surface area contributed by atoms with E-state index in [9.17, 15) is 29.8 Å². The summed E-state index contributed by atoms with van der Waals surface area (Å²) in [6.07, 6.45) is 0. The lowest BCUT2D eigenvalue weighted by molar-refractivity contribution is -0.497. The predicted molar refractivity (Wildman–Crippen MR) is 83.1 cm³/mol. The number of nitrogens with zero attached hydrogens (tertiary/aromatic N) is 2. The Morgan fingerprint density at radius 1 is 1.12 bits per heavy atom. The molecule has 2 atom stereocenters. The molecule has 130 valence electrons. The van der Waals surface area contributed by atoms with E-state index in [-0.39, 0.29) is 11.3 Å². The zero-order valence-corrected chi connectivity index (χ0v) is 14.2. The van der Waals surface area contributed by atoms with E-state index in [4.69, 9.17) is 0 Å². The quantitative estimate of drug-likeness (QED) is 0.167. The van der Waals surface area contributed by atoms with E-state index in [1.54, 1.807) is 0 Å². The molecular weight excluding hydrogens is 392 g/mol. The third-order valence-corrected chi connectivity index (χ3v) is 4.14. The average molecular weight is 405 g/mol. The van der Waals surface area contributed by atoms with Gasteiger partial charge in [-0.2, -0.15) is 0 Å². The zero-order valence-electron chi connectivity index (χ0n) is 12.6. The first kappa shape index (κ1) is 19.5. The fourth-order valence-corrected chi connectivity index (χ4v) is 2.74. The van der Waals surface area contributed by atoms with Crippen LogP contribution in [0.15, 0.2) is 24.3 Å². The largest absolute Gasteiger partial charge is 0.468 e. The average Bonchev–Trinajstić information content (AvgIpc) is 2.57. The Morgan fingerprint density at radius 2 is 1.67 bits per heavy atom. The van der Waals surface area contributed by atoms with E-state index in [1.807, 2.05) is 0 Å². The van der Waals surface area contributed by atoms with Crippen LogP contribution in [0.25, 0.3) is 0 Å². The number of halogens is 1. The molecule has 0 saturated carbocycles. The zero-order chi connectivity index (χ0) is 18.4. The van der Waals surface area contributed by atoms with Gasteiger partial charge in [-0.3, -0.25) is 29.8 Å². The minimum Gasteiger partial charge on any atom is -0.468 e. The first-order valence-electron chi connectivity index (χ1n) is 6.42. The minimum atomic E-state index is -1.67. The Morgan fingerprint density at radius 3 is 2.08 bits per heavy atom. The van der Waals surface area contributed by atoms with Gasteiger partial charge in [-0.05, 0) is 21.5 Å². The number of nitro benzene ring substituents is 1. The van der Waals surface area contributed by atoms with Crippen molar-refractivity contribution in [2.75, 3.05) is 14.2 Å². The first-order valence-corrected chi connectivity index (χ1v) is 7.33. The molecule has 0 bridgehead atoms. The lowest BCUT2D eigenvalue weighted by Crippen LogP contribution is -2.38. The van der Waals surface area contributed by atoms with Crippen LogP contribution in [0.2, 0.25) is 0 Å². The summed E-state index contributed by atoms with van der Waals surface area (Å²) in [4.78, 5) is 43.0. The van der Waals surface area contributed by atoms with Crippen molar-refractivity contribution >= 4 is 33.6 Å². The van der Waals surface area contributed by atoms with Crippen molar-refractivity contribution in [2.24, 2.45) is 5.92 Å². The van der Waals surface area contributed by atoms with Gasteiger partial charge < -0.3 is 9.47 Å². The molecule has 0 amide bonds. The van der Waals surface area contributed by atoms with Crippen molar-refractivity contribution in [3.8, 4) is 0 Å². The summed E-state index contributed by atoms with van der Waals surface area (Å²) in [5.41, 5.74) is -0.294. The number of rotatable bonds is 7. The first-order chi connectivity index (χ1) is 11.2. The topological polar surface area (TPSA) is 139 Å². The van der Waals surface area contributed by atoms with Crippen molar-refractivity contribution in [1.82, 2.24) is 0 Å². The van der Waals surface area contributed by atoms with Crippen LogP contribution in [0.1, 0.15) is 11.5 Å². The number of carbonyl (C=O) groups excluding carboxylic acids is 2. The van der Waals surface area contributed by atoms with Gasteiger partial charge in [0.25, 0.3) is 10.6 Å². The van der Waals surface area contributed by atoms with Crippen LogP contribution < -0.4 is 0 Å². The van der Waals surface area contributed by atoms with Gasteiger partial charge in [0.2, 0.25) is 0 Å². The third kappa shape index (κ3) is 4.25. The Labute approximate surface area is 144 Å². The minimum absolute atomic E-state index is 0.0450. The normalized spacial score (nSPS) is 13.0. The smallest absolute Gasteiger partial charge is 0.321 e. The molecule has 0 aliphatic heterocycles. The second kappa shape index (κ2) is 8.34. The number of hydrogen-bond acceptors (Lipinski definition) is 8. The molecule has 10 nitrogen and oxygen atoms in total. The number of alkyl halides is 1. The van der Waals surface area contributed by atoms with Crippen LogP contribution in [0.5, 0.6) is 0 Å². The van der Waals surface area contributed by atoms with Crippen LogP contribution in [-0.2, 0) is 19.1 Å².